The highest BCUT2D eigenvalue weighted by atomic mass is 15.0. The van der Waals surface area contributed by atoms with Crippen molar-refractivity contribution in [3.63, 3.8) is 0 Å². The summed E-state index contributed by atoms with van der Waals surface area (Å²) in [6.45, 7) is 5.58. The van der Waals surface area contributed by atoms with Gasteiger partial charge in [0.15, 0.2) is 0 Å². The summed E-state index contributed by atoms with van der Waals surface area (Å²) in [6.07, 6.45) is 4.81. The Morgan fingerprint density at radius 3 is 2.82 bits per heavy atom. The maximum Gasteiger partial charge on any atom is 0.0227 e. The summed E-state index contributed by atoms with van der Waals surface area (Å²) in [5, 5.41) is 7.05. The van der Waals surface area contributed by atoms with E-state index in [1.165, 1.54) is 18.4 Å². The minimum absolute atomic E-state index is 0.550. The van der Waals surface area contributed by atoms with Gasteiger partial charge in [0.2, 0.25) is 0 Å². The van der Waals surface area contributed by atoms with Gasteiger partial charge in [-0.3, -0.25) is 0 Å². The molecule has 0 bridgehead atoms. The Morgan fingerprint density at radius 1 is 1.24 bits per heavy atom. The Hall–Kier alpha value is -0.860. The zero-order valence-electron chi connectivity index (χ0n) is 10.7. The van der Waals surface area contributed by atoms with E-state index >= 15 is 0 Å². The average Bonchev–Trinajstić information content (AvgIpc) is 2.36. The monoisotopic (exact) mass is 231 g/mol. The van der Waals surface area contributed by atoms with E-state index in [0.717, 1.165) is 19.6 Å². The van der Waals surface area contributed by atoms with Gasteiger partial charge in [-0.1, -0.05) is 37.3 Å². The highest BCUT2D eigenvalue weighted by Gasteiger charge is 2.17. The Morgan fingerprint density at radius 2 is 2.06 bits per heavy atom. The summed E-state index contributed by atoms with van der Waals surface area (Å²) in [4.78, 5) is 0. The van der Waals surface area contributed by atoms with Crippen LogP contribution in [0, 0.1) is 12.3 Å². The van der Waals surface area contributed by atoms with Gasteiger partial charge in [0.1, 0.15) is 0 Å². The molecule has 1 aromatic carbocycles. The minimum atomic E-state index is 0.550. The van der Waals surface area contributed by atoms with Crippen LogP contribution >= 0.6 is 0 Å². The number of nitrogens with one attached hydrogen (secondary N) is 2. The first kappa shape index (κ1) is 12.6. The number of rotatable bonds is 5. The van der Waals surface area contributed by atoms with Crippen LogP contribution in [-0.4, -0.2) is 25.7 Å². The lowest BCUT2D eigenvalue weighted by molar-refractivity contribution is 0.401. The molecule has 93 valence electrons. The summed E-state index contributed by atoms with van der Waals surface area (Å²) < 4.78 is 0. The maximum atomic E-state index is 3.60. The van der Waals surface area contributed by atoms with Gasteiger partial charge in [-0.15, -0.1) is 0 Å². The van der Waals surface area contributed by atoms with Gasteiger partial charge in [0, 0.05) is 12.6 Å². The third-order valence-corrected chi connectivity index (χ3v) is 3.28. The van der Waals surface area contributed by atoms with Crippen molar-refractivity contribution in [3.05, 3.63) is 42.3 Å². The number of aryl methyl sites for hydroxylation is 1. The van der Waals surface area contributed by atoms with E-state index in [0.29, 0.717) is 12.0 Å². The first-order valence-corrected chi connectivity index (χ1v) is 6.67. The SMILES string of the molecule is CC1[CH]C(NCCCc2ccccc2)CNC1. The van der Waals surface area contributed by atoms with Crippen molar-refractivity contribution in [2.45, 2.75) is 25.8 Å². The molecule has 0 spiro atoms. The van der Waals surface area contributed by atoms with E-state index in [-0.39, 0.29) is 0 Å². The highest BCUT2D eigenvalue weighted by Crippen LogP contribution is 2.08. The first-order valence-electron chi connectivity index (χ1n) is 6.67. The number of piperidine rings is 1. The van der Waals surface area contributed by atoms with Crippen LogP contribution in [0.2, 0.25) is 0 Å². The van der Waals surface area contributed by atoms with Gasteiger partial charge in [0.25, 0.3) is 0 Å². The van der Waals surface area contributed by atoms with Crippen LogP contribution in [0.25, 0.3) is 0 Å². The molecule has 1 radical (unpaired) electrons. The van der Waals surface area contributed by atoms with Gasteiger partial charge in [-0.25, -0.2) is 0 Å². The third-order valence-electron chi connectivity index (χ3n) is 3.28. The molecular formula is C15H23N2. The maximum absolute atomic E-state index is 3.60. The van der Waals surface area contributed by atoms with E-state index in [9.17, 15) is 0 Å². The molecule has 1 aromatic rings. The second-order valence-corrected chi connectivity index (χ2v) is 4.98. The fraction of sp³-hybridized carbons (Fsp3) is 0.533. The number of hydrogen-bond donors (Lipinski definition) is 2. The van der Waals surface area contributed by atoms with Crippen molar-refractivity contribution in [2.75, 3.05) is 19.6 Å². The summed E-state index contributed by atoms with van der Waals surface area (Å²) in [7, 11) is 0. The van der Waals surface area contributed by atoms with Crippen LogP contribution in [0.15, 0.2) is 30.3 Å². The smallest absolute Gasteiger partial charge is 0.0227 e. The van der Waals surface area contributed by atoms with Gasteiger partial charge < -0.3 is 10.6 Å². The predicted octanol–water partition coefficient (Wildman–Crippen LogP) is 2.02. The average molecular weight is 231 g/mol. The fourth-order valence-electron chi connectivity index (χ4n) is 2.36. The van der Waals surface area contributed by atoms with Gasteiger partial charge in [-0.2, -0.15) is 0 Å². The fourth-order valence-corrected chi connectivity index (χ4v) is 2.36. The van der Waals surface area contributed by atoms with Crippen molar-refractivity contribution >= 4 is 0 Å². The molecule has 2 rings (SSSR count). The molecule has 0 saturated carbocycles. The molecule has 0 aliphatic carbocycles. The molecule has 2 N–H and O–H groups in total. The molecule has 0 amide bonds. The van der Waals surface area contributed by atoms with Crippen molar-refractivity contribution in [1.29, 1.82) is 0 Å². The molecule has 1 aliphatic heterocycles. The van der Waals surface area contributed by atoms with Gasteiger partial charge in [0.05, 0.1) is 0 Å². The largest absolute Gasteiger partial charge is 0.315 e. The zero-order chi connectivity index (χ0) is 11.9. The third kappa shape index (κ3) is 4.49. The Kier molecular flexibility index (Phi) is 5.02. The lowest BCUT2D eigenvalue weighted by atomic mass is 9.97. The lowest BCUT2D eigenvalue weighted by Gasteiger charge is -2.28. The van der Waals surface area contributed by atoms with E-state index in [1.54, 1.807) is 0 Å². The molecule has 1 aliphatic rings. The molecule has 2 unspecified atom stereocenters. The molecule has 0 aromatic heterocycles. The second-order valence-electron chi connectivity index (χ2n) is 4.98. The minimum Gasteiger partial charge on any atom is -0.315 e. The van der Waals surface area contributed by atoms with E-state index in [2.05, 4.69) is 54.3 Å². The Bertz CT molecular complexity index is 310. The summed E-state index contributed by atoms with van der Waals surface area (Å²) in [5.74, 6) is 0.690. The summed E-state index contributed by atoms with van der Waals surface area (Å²) in [6, 6.07) is 11.3. The Labute approximate surface area is 105 Å². The highest BCUT2D eigenvalue weighted by molar-refractivity contribution is 5.14. The van der Waals surface area contributed by atoms with E-state index in [4.69, 9.17) is 0 Å². The molecule has 1 saturated heterocycles. The topological polar surface area (TPSA) is 24.1 Å². The number of hydrogen-bond acceptors (Lipinski definition) is 2. The lowest BCUT2D eigenvalue weighted by Crippen LogP contribution is -2.47. The summed E-state index contributed by atoms with van der Waals surface area (Å²) in [5.41, 5.74) is 1.44. The van der Waals surface area contributed by atoms with Crippen LogP contribution < -0.4 is 10.6 Å². The Balaban J connectivity index is 1.60. The van der Waals surface area contributed by atoms with Crippen molar-refractivity contribution in [3.8, 4) is 0 Å². The normalized spacial score (nSPS) is 24.8. The van der Waals surface area contributed by atoms with Crippen LogP contribution in [0.3, 0.4) is 0 Å². The van der Waals surface area contributed by atoms with Crippen LogP contribution in [0.1, 0.15) is 18.9 Å². The molecular weight excluding hydrogens is 208 g/mol. The van der Waals surface area contributed by atoms with Gasteiger partial charge >= 0.3 is 0 Å². The molecule has 1 heterocycles. The van der Waals surface area contributed by atoms with Crippen molar-refractivity contribution in [1.82, 2.24) is 10.6 Å². The standard InChI is InChI=1S/C15H23N2/c1-13-10-15(12-16-11-13)17-9-5-8-14-6-3-2-4-7-14/h2-4,6-7,10,13,15-17H,5,8-9,11-12H2,1H3. The summed E-state index contributed by atoms with van der Waals surface area (Å²) >= 11 is 0. The first-order chi connectivity index (χ1) is 8.34. The molecule has 2 atom stereocenters. The van der Waals surface area contributed by atoms with Gasteiger partial charge in [-0.05, 0) is 43.8 Å². The predicted molar refractivity (Wildman–Crippen MR) is 72.9 cm³/mol. The van der Waals surface area contributed by atoms with Crippen LogP contribution in [0.5, 0.6) is 0 Å². The van der Waals surface area contributed by atoms with E-state index in [1.807, 2.05) is 0 Å². The van der Waals surface area contributed by atoms with Crippen molar-refractivity contribution < 1.29 is 0 Å². The van der Waals surface area contributed by atoms with Crippen LogP contribution in [-0.2, 0) is 6.42 Å². The molecule has 2 heteroatoms. The van der Waals surface area contributed by atoms with Crippen LogP contribution in [0.4, 0.5) is 0 Å². The molecule has 2 nitrogen and oxygen atoms in total. The van der Waals surface area contributed by atoms with E-state index < -0.39 is 0 Å². The quantitative estimate of drug-likeness (QED) is 0.758. The molecule has 1 fully saturated rings. The molecule has 17 heavy (non-hydrogen) atoms. The zero-order valence-corrected chi connectivity index (χ0v) is 10.7. The van der Waals surface area contributed by atoms with Crippen molar-refractivity contribution in [2.24, 2.45) is 5.92 Å². The second kappa shape index (κ2) is 6.77. The number of benzene rings is 1.